The number of fused-ring (bicyclic) bond motifs is 1. The fourth-order valence-corrected chi connectivity index (χ4v) is 5.37. The van der Waals surface area contributed by atoms with Crippen LogP contribution in [0.5, 0.6) is 0 Å². The van der Waals surface area contributed by atoms with Gasteiger partial charge >= 0.3 is 6.03 Å². The second-order valence-electron chi connectivity index (χ2n) is 9.31. The molecule has 1 aromatic carbocycles. The molecular formula is C23H29ClFN5O. The van der Waals surface area contributed by atoms with Gasteiger partial charge in [0.25, 0.3) is 0 Å². The number of hydrogen-bond acceptors (Lipinski definition) is 4. The van der Waals surface area contributed by atoms with E-state index in [1.54, 1.807) is 4.90 Å². The summed E-state index contributed by atoms with van der Waals surface area (Å²) in [6, 6.07) is 8.15. The van der Waals surface area contributed by atoms with Gasteiger partial charge in [-0.3, -0.25) is 15.1 Å². The molecule has 2 atom stereocenters. The number of alkyl halides is 1. The predicted molar refractivity (Wildman–Crippen MR) is 119 cm³/mol. The minimum atomic E-state index is -0.679. The van der Waals surface area contributed by atoms with Crippen molar-refractivity contribution >= 4 is 23.5 Å². The third-order valence-corrected chi connectivity index (χ3v) is 7.28. The molecule has 2 unspecified atom stereocenters. The highest BCUT2D eigenvalue weighted by Crippen LogP contribution is 2.32. The molecular weight excluding hydrogens is 417 g/mol. The zero-order chi connectivity index (χ0) is 21.5. The molecule has 1 aromatic rings. The average Bonchev–Trinajstić information content (AvgIpc) is 3.34. The first-order valence-electron chi connectivity index (χ1n) is 11.2. The molecule has 8 heteroatoms. The number of rotatable bonds is 4. The number of likely N-dealkylation sites (tertiary alicyclic amines) is 1. The number of nitrogens with zero attached hydrogens (tertiary/aromatic N) is 4. The predicted octanol–water partition coefficient (Wildman–Crippen LogP) is 4.18. The topological polar surface area (TPSA) is 51.2 Å². The molecule has 0 bridgehead atoms. The molecule has 0 spiro atoms. The van der Waals surface area contributed by atoms with Crippen LogP contribution in [0, 0.1) is 11.8 Å². The van der Waals surface area contributed by atoms with E-state index in [1.807, 2.05) is 18.3 Å². The standard InChI is InChI=1S/C23H29ClFN5O/c1-15-10-28(11-16-2-4-17(24)5-3-16)12-20(15)22-26-21-13-29(14-30(21)23(31)27-22)19-8-6-18(25)7-9-19/h2-5,13,15,18-20H,6-12,14H2,1H3,(H,26,27,31). The summed E-state index contributed by atoms with van der Waals surface area (Å²) in [5.74, 6) is 2.07. The summed E-state index contributed by atoms with van der Waals surface area (Å²) in [5.41, 5.74) is 1.23. The van der Waals surface area contributed by atoms with Crippen LogP contribution in [0.25, 0.3) is 0 Å². The molecule has 2 amide bonds. The van der Waals surface area contributed by atoms with E-state index in [0.717, 1.165) is 43.3 Å². The molecule has 0 aromatic heterocycles. The number of amidine groups is 1. The molecule has 2 fully saturated rings. The van der Waals surface area contributed by atoms with Crippen LogP contribution in [-0.2, 0) is 6.54 Å². The molecule has 31 heavy (non-hydrogen) atoms. The maximum absolute atomic E-state index is 13.5. The van der Waals surface area contributed by atoms with E-state index in [4.69, 9.17) is 16.6 Å². The molecule has 1 saturated carbocycles. The lowest BCUT2D eigenvalue weighted by Gasteiger charge is -2.33. The largest absolute Gasteiger partial charge is 0.353 e. The Morgan fingerprint density at radius 3 is 2.65 bits per heavy atom. The van der Waals surface area contributed by atoms with Gasteiger partial charge in [-0.25, -0.2) is 14.2 Å². The molecule has 5 rings (SSSR count). The van der Waals surface area contributed by atoms with Crippen molar-refractivity contribution in [2.24, 2.45) is 16.8 Å². The van der Waals surface area contributed by atoms with Crippen LogP contribution in [0.2, 0.25) is 5.02 Å². The second kappa shape index (κ2) is 8.43. The van der Waals surface area contributed by atoms with Crippen molar-refractivity contribution in [3.05, 3.63) is 46.9 Å². The molecule has 3 aliphatic heterocycles. The quantitative estimate of drug-likeness (QED) is 0.756. The highest BCUT2D eigenvalue weighted by atomic mass is 35.5. The van der Waals surface area contributed by atoms with Crippen molar-refractivity contribution in [1.82, 2.24) is 20.0 Å². The van der Waals surface area contributed by atoms with Crippen molar-refractivity contribution in [1.29, 1.82) is 0 Å². The summed E-state index contributed by atoms with van der Waals surface area (Å²) in [6.45, 7) is 5.41. The van der Waals surface area contributed by atoms with Crippen LogP contribution < -0.4 is 5.32 Å². The SMILES string of the molecule is CC1CN(Cc2ccc(Cl)cc2)CC1C1=NC2=CN(C3CCC(F)CC3)CN2C(=O)N1. The molecule has 1 aliphatic carbocycles. The number of nitrogens with one attached hydrogen (secondary N) is 1. The number of carbonyl (C=O) groups is 1. The Morgan fingerprint density at radius 1 is 1.16 bits per heavy atom. The summed E-state index contributed by atoms with van der Waals surface area (Å²) in [5, 5.41) is 3.80. The van der Waals surface area contributed by atoms with Gasteiger partial charge in [0.05, 0.1) is 0 Å². The van der Waals surface area contributed by atoms with Crippen LogP contribution in [0.15, 0.2) is 41.3 Å². The van der Waals surface area contributed by atoms with E-state index >= 15 is 0 Å². The fourth-order valence-electron chi connectivity index (χ4n) is 5.24. The van der Waals surface area contributed by atoms with Crippen molar-refractivity contribution in [3.8, 4) is 0 Å². The zero-order valence-corrected chi connectivity index (χ0v) is 18.6. The Labute approximate surface area is 187 Å². The summed E-state index contributed by atoms with van der Waals surface area (Å²) in [6.07, 6.45) is 4.18. The van der Waals surface area contributed by atoms with Crippen molar-refractivity contribution < 1.29 is 9.18 Å². The summed E-state index contributed by atoms with van der Waals surface area (Å²) >= 11 is 6.00. The Hall–Kier alpha value is -2.12. The molecule has 0 radical (unpaired) electrons. The number of aliphatic imine (C=N–C) groups is 1. The van der Waals surface area contributed by atoms with Crippen LogP contribution >= 0.6 is 11.6 Å². The van der Waals surface area contributed by atoms with Crippen molar-refractivity contribution in [2.45, 2.75) is 51.4 Å². The number of amides is 2. The van der Waals surface area contributed by atoms with Crippen LogP contribution in [0.1, 0.15) is 38.2 Å². The monoisotopic (exact) mass is 445 g/mol. The van der Waals surface area contributed by atoms with Crippen LogP contribution in [-0.4, -0.2) is 58.5 Å². The average molecular weight is 446 g/mol. The van der Waals surface area contributed by atoms with E-state index < -0.39 is 6.17 Å². The minimum absolute atomic E-state index is 0.110. The Bertz CT molecular complexity index is 896. The normalized spacial score (nSPS) is 31.4. The first kappa shape index (κ1) is 20.8. The molecule has 1 N–H and O–H groups in total. The Balaban J connectivity index is 1.27. The van der Waals surface area contributed by atoms with Crippen LogP contribution in [0.4, 0.5) is 9.18 Å². The van der Waals surface area contributed by atoms with Gasteiger partial charge in [0, 0.05) is 42.8 Å². The van der Waals surface area contributed by atoms with Gasteiger partial charge in [-0.05, 0) is 49.3 Å². The van der Waals surface area contributed by atoms with Gasteiger partial charge in [-0.2, -0.15) is 0 Å². The lowest BCUT2D eigenvalue weighted by Crippen LogP contribution is -2.50. The smallest absolute Gasteiger partial charge is 0.329 e. The lowest BCUT2D eigenvalue weighted by molar-refractivity contribution is 0.138. The Kier molecular flexibility index (Phi) is 5.65. The van der Waals surface area contributed by atoms with Crippen molar-refractivity contribution in [3.63, 3.8) is 0 Å². The van der Waals surface area contributed by atoms with Gasteiger partial charge in [0.1, 0.15) is 18.7 Å². The molecule has 4 aliphatic rings. The third-order valence-electron chi connectivity index (χ3n) is 7.03. The maximum Gasteiger partial charge on any atom is 0.329 e. The molecule has 3 heterocycles. The minimum Gasteiger partial charge on any atom is -0.353 e. The molecule has 6 nitrogen and oxygen atoms in total. The summed E-state index contributed by atoms with van der Waals surface area (Å²) in [7, 11) is 0. The Morgan fingerprint density at radius 2 is 1.90 bits per heavy atom. The third kappa shape index (κ3) is 4.30. The molecule has 166 valence electrons. The number of urea groups is 1. The first-order chi connectivity index (χ1) is 15.0. The van der Waals surface area contributed by atoms with E-state index in [1.165, 1.54) is 5.56 Å². The van der Waals surface area contributed by atoms with E-state index in [0.29, 0.717) is 31.2 Å². The summed E-state index contributed by atoms with van der Waals surface area (Å²) < 4.78 is 13.5. The summed E-state index contributed by atoms with van der Waals surface area (Å²) in [4.78, 5) is 23.9. The first-order valence-corrected chi connectivity index (χ1v) is 11.6. The second-order valence-corrected chi connectivity index (χ2v) is 9.74. The number of halogens is 2. The highest BCUT2D eigenvalue weighted by molar-refractivity contribution is 6.30. The van der Waals surface area contributed by atoms with Crippen molar-refractivity contribution in [2.75, 3.05) is 19.8 Å². The van der Waals surface area contributed by atoms with Gasteiger partial charge in [0.15, 0.2) is 5.82 Å². The van der Waals surface area contributed by atoms with E-state index in [2.05, 4.69) is 34.2 Å². The zero-order valence-electron chi connectivity index (χ0n) is 17.8. The van der Waals surface area contributed by atoms with E-state index in [9.17, 15) is 9.18 Å². The fraction of sp³-hybridized carbons (Fsp3) is 0.565. The van der Waals surface area contributed by atoms with Gasteiger partial charge in [0.2, 0.25) is 0 Å². The number of hydrogen-bond donors (Lipinski definition) is 1. The van der Waals surface area contributed by atoms with E-state index in [-0.39, 0.29) is 18.0 Å². The lowest BCUT2D eigenvalue weighted by atomic mass is 9.93. The van der Waals surface area contributed by atoms with Gasteiger partial charge < -0.3 is 4.90 Å². The highest BCUT2D eigenvalue weighted by Gasteiger charge is 2.40. The molecule has 1 saturated heterocycles. The maximum atomic E-state index is 13.5. The number of benzene rings is 1. The van der Waals surface area contributed by atoms with Gasteiger partial charge in [-0.15, -0.1) is 0 Å². The number of carbonyl (C=O) groups excluding carboxylic acids is 1. The van der Waals surface area contributed by atoms with Gasteiger partial charge in [-0.1, -0.05) is 30.7 Å². The van der Waals surface area contributed by atoms with Crippen LogP contribution in [0.3, 0.4) is 0 Å².